The summed E-state index contributed by atoms with van der Waals surface area (Å²) in [5.74, 6) is 0.410. The van der Waals surface area contributed by atoms with Crippen molar-refractivity contribution in [3.63, 3.8) is 0 Å². The summed E-state index contributed by atoms with van der Waals surface area (Å²) in [4.78, 5) is 5.56. The smallest absolute Gasteiger partial charge is 0.230 e. The highest BCUT2D eigenvalue weighted by molar-refractivity contribution is 6.00. The Labute approximate surface area is 115 Å². The zero-order valence-corrected chi connectivity index (χ0v) is 11.8. The van der Waals surface area contributed by atoms with Crippen molar-refractivity contribution < 1.29 is 9.57 Å². The Balaban J connectivity index is 2.07. The Kier molecular flexibility index (Phi) is 5.40. The van der Waals surface area contributed by atoms with Gasteiger partial charge in [-0.3, -0.25) is 0 Å². The lowest BCUT2D eigenvalue weighted by Crippen LogP contribution is -2.32. The van der Waals surface area contributed by atoms with Crippen LogP contribution in [0.5, 0.6) is 0 Å². The van der Waals surface area contributed by atoms with Gasteiger partial charge in [-0.15, -0.1) is 0 Å². The van der Waals surface area contributed by atoms with Crippen LogP contribution in [0, 0.1) is 5.92 Å². The summed E-state index contributed by atoms with van der Waals surface area (Å²) in [6, 6.07) is 10.3. The van der Waals surface area contributed by atoms with Gasteiger partial charge in [0.1, 0.15) is 0 Å². The first-order valence-electron chi connectivity index (χ1n) is 7.24. The lowest BCUT2D eigenvalue weighted by Gasteiger charge is -2.29. The molecule has 0 amide bonds. The van der Waals surface area contributed by atoms with Crippen molar-refractivity contribution >= 4 is 5.71 Å². The first-order chi connectivity index (χ1) is 9.35. The van der Waals surface area contributed by atoms with Crippen LogP contribution in [0.3, 0.4) is 0 Å². The molecule has 3 nitrogen and oxygen atoms in total. The Morgan fingerprint density at radius 2 is 2.05 bits per heavy atom. The van der Waals surface area contributed by atoms with Crippen LogP contribution >= 0.6 is 0 Å². The molecule has 0 fully saturated rings. The first-order valence-corrected chi connectivity index (χ1v) is 7.24. The summed E-state index contributed by atoms with van der Waals surface area (Å²) < 4.78 is 5.65. The van der Waals surface area contributed by atoms with Crippen molar-refractivity contribution in [2.45, 2.75) is 45.8 Å². The Morgan fingerprint density at radius 3 is 2.74 bits per heavy atom. The molecule has 0 spiro atoms. The normalized spacial score (nSPS) is 22.7. The monoisotopic (exact) mass is 261 g/mol. The predicted molar refractivity (Wildman–Crippen MR) is 77.1 cm³/mol. The highest BCUT2D eigenvalue weighted by Crippen LogP contribution is 2.27. The van der Waals surface area contributed by atoms with E-state index >= 15 is 0 Å². The van der Waals surface area contributed by atoms with E-state index in [9.17, 15) is 0 Å². The Hall–Kier alpha value is -1.35. The minimum Gasteiger partial charge on any atom is -0.363 e. The van der Waals surface area contributed by atoms with Gasteiger partial charge in [-0.25, -0.2) is 0 Å². The van der Waals surface area contributed by atoms with Crippen LogP contribution in [0.15, 0.2) is 35.5 Å². The zero-order valence-electron chi connectivity index (χ0n) is 11.8. The van der Waals surface area contributed by atoms with Gasteiger partial charge in [0.15, 0.2) is 0 Å². The van der Waals surface area contributed by atoms with E-state index in [1.165, 1.54) is 12.8 Å². The molecule has 0 aliphatic carbocycles. The summed E-state index contributed by atoms with van der Waals surface area (Å²) in [7, 11) is 0. The van der Waals surface area contributed by atoms with E-state index in [-0.39, 0.29) is 6.29 Å². The van der Waals surface area contributed by atoms with Crippen molar-refractivity contribution in [2.75, 3.05) is 6.61 Å². The summed E-state index contributed by atoms with van der Waals surface area (Å²) >= 11 is 0. The second-order valence-electron chi connectivity index (χ2n) is 4.94. The molecule has 1 aliphatic heterocycles. The number of oxime groups is 1. The van der Waals surface area contributed by atoms with Gasteiger partial charge in [0.05, 0.1) is 5.71 Å². The van der Waals surface area contributed by atoms with Crippen LogP contribution in [0.2, 0.25) is 0 Å². The SMILES string of the molecule is CCCC[C@@H]1CC(c2ccccc2)=NO[C@H]1OCC. The van der Waals surface area contributed by atoms with Crippen LogP contribution in [0.1, 0.15) is 45.1 Å². The molecule has 0 radical (unpaired) electrons. The van der Waals surface area contributed by atoms with Crippen LogP contribution in [0.4, 0.5) is 0 Å². The topological polar surface area (TPSA) is 30.8 Å². The Morgan fingerprint density at radius 1 is 1.26 bits per heavy atom. The minimum atomic E-state index is -0.177. The van der Waals surface area contributed by atoms with E-state index < -0.39 is 0 Å². The predicted octanol–water partition coefficient (Wildman–Crippen LogP) is 3.98. The van der Waals surface area contributed by atoms with E-state index in [0.717, 1.165) is 24.1 Å². The van der Waals surface area contributed by atoms with Gasteiger partial charge < -0.3 is 9.57 Å². The van der Waals surface area contributed by atoms with E-state index in [0.29, 0.717) is 12.5 Å². The van der Waals surface area contributed by atoms with Gasteiger partial charge in [-0.05, 0) is 18.9 Å². The molecule has 104 valence electrons. The second-order valence-corrected chi connectivity index (χ2v) is 4.94. The van der Waals surface area contributed by atoms with Crippen molar-refractivity contribution in [2.24, 2.45) is 11.1 Å². The first kappa shape index (κ1) is 14.1. The van der Waals surface area contributed by atoms with Crippen molar-refractivity contribution in [3.05, 3.63) is 35.9 Å². The van der Waals surface area contributed by atoms with Gasteiger partial charge in [-0.2, -0.15) is 0 Å². The molecule has 3 heteroatoms. The number of hydrogen-bond acceptors (Lipinski definition) is 3. The second kappa shape index (κ2) is 7.29. The third kappa shape index (κ3) is 3.80. The Bertz CT molecular complexity index is 402. The fourth-order valence-corrected chi connectivity index (χ4v) is 2.42. The average Bonchev–Trinajstić information content (AvgIpc) is 2.47. The molecule has 0 saturated carbocycles. The van der Waals surface area contributed by atoms with Crippen LogP contribution in [0.25, 0.3) is 0 Å². The standard InChI is InChI=1S/C16H23NO2/c1-3-5-9-14-12-15(13-10-7-6-8-11-13)17-19-16(14)18-4-2/h6-8,10-11,14,16H,3-5,9,12H2,1-2H3/t14-,16-/m1/s1. The minimum absolute atomic E-state index is 0.177. The molecule has 0 unspecified atom stereocenters. The van der Waals surface area contributed by atoms with E-state index in [4.69, 9.17) is 9.57 Å². The molecule has 0 bridgehead atoms. The van der Waals surface area contributed by atoms with Crippen molar-refractivity contribution in [3.8, 4) is 0 Å². The molecule has 1 aromatic carbocycles. The quantitative estimate of drug-likeness (QED) is 0.775. The van der Waals surface area contributed by atoms with E-state index in [1.54, 1.807) is 0 Å². The third-order valence-corrected chi connectivity index (χ3v) is 3.47. The molecule has 0 aromatic heterocycles. The molecular weight excluding hydrogens is 238 g/mol. The van der Waals surface area contributed by atoms with Gasteiger partial charge in [0.25, 0.3) is 0 Å². The molecule has 19 heavy (non-hydrogen) atoms. The number of ether oxygens (including phenoxy) is 1. The number of nitrogens with zero attached hydrogens (tertiary/aromatic N) is 1. The number of rotatable bonds is 6. The fourth-order valence-electron chi connectivity index (χ4n) is 2.42. The van der Waals surface area contributed by atoms with E-state index in [1.807, 2.05) is 25.1 Å². The maximum Gasteiger partial charge on any atom is 0.230 e. The molecule has 0 saturated heterocycles. The highest BCUT2D eigenvalue weighted by atomic mass is 16.8. The summed E-state index contributed by atoms with van der Waals surface area (Å²) in [5, 5.41) is 4.25. The summed E-state index contributed by atoms with van der Waals surface area (Å²) in [6.07, 6.45) is 4.30. The van der Waals surface area contributed by atoms with Gasteiger partial charge in [-0.1, -0.05) is 55.3 Å². The van der Waals surface area contributed by atoms with Gasteiger partial charge >= 0.3 is 0 Å². The lowest BCUT2D eigenvalue weighted by atomic mass is 9.92. The number of benzene rings is 1. The molecule has 2 atom stereocenters. The van der Waals surface area contributed by atoms with Crippen LogP contribution in [-0.4, -0.2) is 18.6 Å². The van der Waals surface area contributed by atoms with Gasteiger partial charge in [0, 0.05) is 18.9 Å². The zero-order chi connectivity index (χ0) is 13.5. The van der Waals surface area contributed by atoms with Crippen molar-refractivity contribution in [1.82, 2.24) is 0 Å². The summed E-state index contributed by atoms with van der Waals surface area (Å²) in [5.41, 5.74) is 2.19. The molecule has 1 aliphatic rings. The highest BCUT2D eigenvalue weighted by Gasteiger charge is 2.29. The van der Waals surface area contributed by atoms with Crippen LogP contribution in [-0.2, 0) is 9.57 Å². The maximum absolute atomic E-state index is 5.65. The maximum atomic E-state index is 5.65. The molecule has 1 heterocycles. The number of hydrogen-bond donors (Lipinski definition) is 0. The molecule has 0 N–H and O–H groups in total. The summed E-state index contributed by atoms with van der Waals surface area (Å²) in [6.45, 7) is 4.88. The van der Waals surface area contributed by atoms with Gasteiger partial charge in [0.2, 0.25) is 6.29 Å². The molecule has 1 aromatic rings. The van der Waals surface area contributed by atoms with Crippen LogP contribution < -0.4 is 0 Å². The fraction of sp³-hybridized carbons (Fsp3) is 0.562. The number of unbranched alkanes of at least 4 members (excludes halogenated alkanes) is 1. The third-order valence-electron chi connectivity index (χ3n) is 3.47. The molecular formula is C16H23NO2. The lowest BCUT2D eigenvalue weighted by molar-refractivity contribution is -0.176. The average molecular weight is 261 g/mol. The van der Waals surface area contributed by atoms with E-state index in [2.05, 4.69) is 24.2 Å². The molecule has 2 rings (SSSR count). The van der Waals surface area contributed by atoms with Crippen molar-refractivity contribution in [1.29, 1.82) is 0 Å². The largest absolute Gasteiger partial charge is 0.363 e.